The lowest BCUT2D eigenvalue weighted by molar-refractivity contribution is 0.0698. The lowest BCUT2D eigenvalue weighted by Gasteiger charge is -2.31. The molecule has 2 aromatic carbocycles. The van der Waals surface area contributed by atoms with E-state index in [2.05, 4.69) is 46.6 Å². The molecule has 0 amide bonds. The summed E-state index contributed by atoms with van der Waals surface area (Å²) in [6.45, 7) is 5.57. The number of aryl methyl sites for hydroxylation is 1. The van der Waals surface area contributed by atoms with Crippen LogP contribution in [0.1, 0.15) is 45.6 Å². The van der Waals surface area contributed by atoms with Crippen molar-refractivity contribution in [3.8, 4) is 0 Å². The third-order valence-corrected chi connectivity index (χ3v) is 6.56. The van der Waals surface area contributed by atoms with E-state index in [-0.39, 0.29) is 17.2 Å². The van der Waals surface area contributed by atoms with E-state index in [1.165, 1.54) is 11.1 Å². The number of benzene rings is 2. The maximum Gasteiger partial charge on any atom is 0.337 e. The molecule has 5 rings (SSSR count). The number of carboxylic acids is 1. The monoisotopic (exact) mass is 453 g/mol. The summed E-state index contributed by atoms with van der Waals surface area (Å²) in [4.78, 5) is 27.1. The normalized spacial score (nSPS) is 14.0. The highest BCUT2D eigenvalue weighted by molar-refractivity contribution is 5.94. The number of nitrogens with one attached hydrogen (secondary N) is 1. The van der Waals surface area contributed by atoms with E-state index >= 15 is 0 Å². The van der Waals surface area contributed by atoms with Gasteiger partial charge >= 0.3 is 5.97 Å². The maximum absolute atomic E-state index is 13.2. The SMILES string of the molecule is Cc1cc([C@@H](C)Nc2ccccc2C(=O)O)c2cc(N3CCc4ccccc4C3)cc(=O)n2c1. The molecule has 6 nitrogen and oxygen atoms in total. The largest absolute Gasteiger partial charge is 0.478 e. The first-order valence-corrected chi connectivity index (χ1v) is 11.5. The van der Waals surface area contributed by atoms with E-state index in [4.69, 9.17) is 0 Å². The predicted octanol–water partition coefficient (Wildman–Crippen LogP) is 5.04. The molecule has 2 aromatic heterocycles. The summed E-state index contributed by atoms with van der Waals surface area (Å²) >= 11 is 0. The molecule has 1 aliphatic heterocycles. The van der Waals surface area contributed by atoms with Crippen LogP contribution in [0.15, 0.2) is 77.7 Å². The fourth-order valence-corrected chi connectivity index (χ4v) is 4.83. The Labute approximate surface area is 198 Å². The zero-order valence-electron chi connectivity index (χ0n) is 19.3. The lowest BCUT2D eigenvalue weighted by Crippen LogP contribution is -2.31. The molecule has 0 spiro atoms. The van der Waals surface area contributed by atoms with Gasteiger partial charge in [0.05, 0.1) is 17.1 Å². The Bertz CT molecular complexity index is 1460. The second-order valence-electron chi connectivity index (χ2n) is 8.94. The van der Waals surface area contributed by atoms with Crippen molar-refractivity contribution in [3.63, 3.8) is 0 Å². The van der Waals surface area contributed by atoms with Crippen LogP contribution >= 0.6 is 0 Å². The Morgan fingerprint density at radius 1 is 1.03 bits per heavy atom. The van der Waals surface area contributed by atoms with Crippen molar-refractivity contribution in [3.05, 3.63) is 111 Å². The summed E-state index contributed by atoms with van der Waals surface area (Å²) in [6.07, 6.45) is 2.80. The number of hydrogen-bond donors (Lipinski definition) is 2. The fraction of sp³-hybridized carbons (Fsp3) is 0.214. The molecular weight excluding hydrogens is 426 g/mol. The standard InChI is InChI=1S/C28H27N3O3/c1-18-13-24(19(2)29-25-10-6-5-9-23(25)28(33)34)26-14-22(15-27(32)31(26)16-18)30-12-11-20-7-3-4-8-21(20)17-30/h3-10,13-16,19,29H,11-12,17H2,1-2H3,(H,33,34)/t19-/m1/s1. The Morgan fingerprint density at radius 3 is 2.56 bits per heavy atom. The third-order valence-electron chi connectivity index (χ3n) is 6.56. The molecule has 1 atom stereocenters. The van der Waals surface area contributed by atoms with E-state index < -0.39 is 5.97 Å². The van der Waals surface area contributed by atoms with Crippen LogP contribution in [0.5, 0.6) is 0 Å². The van der Waals surface area contributed by atoms with Gasteiger partial charge in [0.1, 0.15) is 0 Å². The molecule has 4 aromatic rings. The van der Waals surface area contributed by atoms with Crippen molar-refractivity contribution in [1.29, 1.82) is 0 Å². The van der Waals surface area contributed by atoms with Gasteiger partial charge in [-0.3, -0.25) is 9.20 Å². The molecule has 172 valence electrons. The summed E-state index contributed by atoms with van der Waals surface area (Å²) in [5.74, 6) is -0.978. The number of rotatable bonds is 5. The lowest BCUT2D eigenvalue weighted by atomic mass is 9.99. The van der Waals surface area contributed by atoms with E-state index in [0.29, 0.717) is 5.69 Å². The number of anilines is 2. The number of nitrogens with zero attached hydrogens (tertiary/aromatic N) is 2. The van der Waals surface area contributed by atoms with E-state index in [1.807, 2.05) is 26.1 Å². The first-order valence-electron chi connectivity index (χ1n) is 11.5. The van der Waals surface area contributed by atoms with Crippen molar-refractivity contribution in [1.82, 2.24) is 4.40 Å². The third kappa shape index (κ3) is 4.03. The van der Waals surface area contributed by atoms with Crippen molar-refractivity contribution in [2.75, 3.05) is 16.8 Å². The molecule has 0 aliphatic carbocycles. The molecule has 2 N–H and O–H groups in total. The zero-order chi connectivity index (χ0) is 23.8. The molecular formula is C28H27N3O3. The van der Waals surface area contributed by atoms with Gasteiger partial charge in [0.15, 0.2) is 0 Å². The maximum atomic E-state index is 13.2. The van der Waals surface area contributed by atoms with Crippen LogP contribution in [0.2, 0.25) is 0 Å². The van der Waals surface area contributed by atoms with E-state index in [9.17, 15) is 14.7 Å². The molecule has 0 saturated carbocycles. The van der Waals surface area contributed by atoms with Crippen molar-refractivity contribution < 1.29 is 9.90 Å². The van der Waals surface area contributed by atoms with Crippen LogP contribution in [0.25, 0.3) is 5.52 Å². The highest BCUT2D eigenvalue weighted by atomic mass is 16.4. The number of pyridine rings is 2. The van der Waals surface area contributed by atoms with Crippen LogP contribution in [0.3, 0.4) is 0 Å². The predicted molar refractivity (Wildman–Crippen MR) is 135 cm³/mol. The van der Waals surface area contributed by atoms with E-state index in [0.717, 1.165) is 41.8 Å². The number of hydrogen-bond acceptors (Lipinski definition) is 4. The van der Waals surface area contributed by atoms with Crippen molar-refractivity contribution in [2.45, 2.75) is 32.9 Å². The second kappa shape index (κ2) is 8.71. The summed E-state index contributed by atoms with van der Waals surface area (Å²) in [6, 6.07) is 21.0. The summed E-state index contributed by atoms with van der Waals surface area (Å²) in [5, 5.41) is 12.9. The fourth-order valence-electron chi connectivity index (χ4n) is 4.83. The van der Waals surface area contributed by atoms with E-state index in [1.54, 1.807) is 28.7 Å². The molecule has 1 aliphatic rings. The summed E-state index contributed by atoms with van der Waals surface area (Å²) in [7, 11) is 0. The van der Waals surface area contributed by atoms with Gasteiger partial charge in [-0.1, -0.05) is 42.5 Å². The Balaban J connectivity index is 1.56. The number of carbonyl (C=O) groups is 1. The molecule has 0 bridgehead atoms. The van der Waals surface area contributed by atoms with Crippen LogP contribution in [0, 0.1) is 6.92 Å². The van der Waals surface area contributed by atoms with Crippen LogP contribution in [-0.4, -0.2) is 22.0 Å². The summed E-state index contributed by atoms with van der Waals surface area (Å²) < 4.78 is 1.69. The first-order chi connectivity index (χ1) is 16.4. The Hall–Kier alpha value is -4.06. The van der Waals surface area contributed by atoms with Gasteiger partial charge in [-0.25, -0.2) is 4.79 Å². The molecule has 0 fully saturated rings. The number of para-hydroxylation sites is 1. The molecule has 3 heterocycles. The number of fused-ring (bicyclic) bond motifs is 2. The van der Waals surface area contributed by atoms with Gasteiger partial charge in [-0.2, -0.15) is 0 Å². The minimum atomic E-state index is -0.978. The van der Waals surface area contributed by atoms with Crippen molar-refractivity contribution >= 4 is 22.9 Å². The number of aromatic carboxylic acids is 1. The van der Waals surface area contributed by atoms with Crippen LogP contribution < -0.4 is 15.8 Å². The van der Waals surface area contributed by atoms with Gasteiger partial charge in [-0.15, -0.1) is 0 Å². The zero-order valence-corrected chi connectivity index (χ0v) is 19.3. The second-order valence-corrected chi connectivity index (χ2v) is 8.94. The number of carboxylic acid groups (broad SMARTS) is 1. The minimum absolute atomic E-state index is 0.0746. The highest BCUT2D eigenvalue weighted by Crippen LogP contribution is 2.29. The molecule has 0 saturated heterocycles. The number of aromatic nitrogens is 1. The summed E-state index contributed by atoms with van der Waals surface area (Å²) in [5.41, 5.74) is 6.98. The molecule has 6 heteroatoms. The molecule has 0 unspecified atom stereocenters. The smallest absolute Gasteiger partial charge is 0.337 e. The van der Waals surface area contributed by atoms with Crippen LogP contribution in [-0.2, 0) is 13.0 Å². The van der Waals surface area contributed by atoms with Gasteiger partial charge < -0.3 is 15.3 Å². The highest BCUT2D eigenvalue weighted by Gasteiger charge is 2.20. The van der Waals surface area contributed by atoms with Crippen LogP contribution in [0.4, 0.5) is 11.4 Å². The van der Waals surface area contributed by atoms with Crippen molar-refractivity contribution in [2.24, 2.45) is 0 Å². The van der Waals surface area contributed by atoms with Gasteiger partial charge in [-0.05, 0) is 60.7 Å². The topological polar surface area (TPSA) is 74.0 Å². The molecule has 0 radical (unpaired) electrons. The quantitative estimate of drug-likeness (QED) is 0.443. The average molecular weight is 454 g/mol. The average Bonchev–Trinajstić information content (AvgIpc) is 2.83. The van der Waals surface area contributed by atoms with Gasteiger partial charge in [0.2, 0.25) is 0 Å². The van der Waals surface area contributed by atoms with Gasteiger partial charge in [0, 0.05) is 36.7 Å². The Morgan fingerprint density at radius 2 is 1.76 bits per heavy atom. The molecule has 34 heavy (non-hydrogen) atoms. The first kappa shape index (κ1) is 21.8. The van der Waals surface area contributed by atoms with Gasteiger partial charge in [0.25, 0.3) is 5.56 Å². The minimum Gasteiger partial charge on any atom is -0.478 e. The Kier molecular flexibility index (Phi) is 5.57.